The van der Waals surface area contributed by atoms with Crippen LogP contribution in [0.25, 0.3) is 0 Å². The molecule has 2 aliphatic rings. The smallest absolute Gasteiger partial charge is 0.227 e. The van der Waals surface area contributed by atoms with Gasteiger partial charge >= 0.3 is 0 Å². The molecule has 0 spiro atoms. The number of likely N-dealkylation sites (tertiary alicyclic amines) is 1. The maximum Gasteiger partial charge on any atom is 0.227 e. The predicted molar refractivity (Wildman–Crippen MR) is 131 cm³/mol. The Hall–Kier alpha value is -3.33. The number of hydrogen-bond donors (Lipinski definition) is 1. The molecular formula is C26H32FN7O. The normalized spacial score (nSPS) is 22.6. The summed E-state index contributed by atoms with van der Waals surface area (Å²) in [5, 5.41) is 7.60. The summed E-state index contributed by atoms with van der Waals surface area (Å²) < 4.78 is 16.5. The summed E-state index contributed by atoms with van der Waals surface area (Å²) in [5.41, 5.74) is 3.47. The van der Waals surface area contributed by atoms with Gasteiger partial charge in [-0.05, 0) is 56.6 Å². The van der Waals surface area contributed by atoms with Crippen molar-refractivity contribution in [3.63, 3.8) is 0 Å². The highest BCUT2D eigenvalue weighted by Gasteiger charge is 2.40. The second-order valence-electron chi connectivity index (χ2n) is 9.80. The summed E-state index contributed by atoms with van der Waals surface area (Å²) in [5.74, 6) is -0.0438. The number of anilines is 1. The number of aromatic nitrogens is 4. The molecule has 184 valence electrons. The quantitative estimate of drug-likeness (QED) is 0.609. The van der Waals surface area contributed by atoms with E-state index in [-0.39, 0.29) is 29.6 Å². The molecule has 2 aromatic heterocycles. The number of benzene rings is 1. The molecule has 35 heavy (non-hydrogen) atoms. The van der Waals surface area contributed by atoms with Gasteiger partial charge in [0, 0.05) is 43.9 Å². The number of carbonyl (C=O) groups excluding carboxylic acids is 1. The Balaban J connectivity index is 1.34. The molecule has 2 aliphatic heterocycles. The van der Waals surface area contributed by atoms with Crippen molar-refractivity contribution in [2.45, 2.75) is 44.8 Å². The van der Waals surface area contributed by atoms with Crippen LogP contribution in [-0.4, -0.2) is 61.6 Å². The lowest BCUT2D eigenvalue weighted by Gasteiger charge is -2.42. The standard InChI is InChI=1S/C26H32FN7O/c1-17-12-18-13-28-26(29-14-19-8-11-33(3)31-19)30-24(18)16-34(17)25(35)21-9-10-32(2)15-22(21)20-6-4-5-7-23(20)27/h4-8,11,13,17,21-22H,9-10,12,14-16H2,1-3H3,(H,28,29,30)/t17-,21-,22+/m1/s1. The number of piperidine rings is 1. The first-order valence-electron chi connectivity index (χ1n) is 12.2. The van der Waals surface area contributed by atoms with Crippen molar-refractivity contribution in [1.82, 2.24) is 29.5 Å². The van der Waals surface area contributed by atoms with Crippen LogP contribution >= 0.6 is 0 Å². The fourth-order valence-corrected chi connectivity index (χ4v) is 5.32. The van der Waals surface area contributed by atoms with Crippen molar-refractivity contribution in [3.8, 4) is 0 Å². The van der Waals surface area contributed by atoms with Gasteiger partial charge in [-0.1, -0.05) is 18.2 Å². The molecule has 1 saturated heterocycles. The topological polar surface area (TPSA) is 79.2 Å². The summed E-state index contributed by atoms with van der Waals surface area (Å²) in [7, 11) is 3.91. The predicted octanol–water partition coefficient (Wildman–Crippen LogP) is 2.97. The number of nitrogens with one attached hydrogen (secondary N) is 1. The third-order valence-electron chi connectivity index (χ3n) is 7.24. The second kappa shape index (κ2) is 9.73. The van der Waals surface area contributed by atoms with Gasteiger partial charge in [0.1, 0.15) is 5.82 Å². The van der Waals surface area contributed by atoms with Gasteiger partial charge in [-0.15, -0.1) is 0 Å². The average Bonchev–Trinajstić information content (AvgIpc) is 3.27. The first-order chi connectivity index (χ1) is 16.9. The fourth-order valence-electron chi connectivity index (χ4n) is 5.32. The van der Waals surface area contributed by atoms with E-state index in [1.165, 1.54) is 6.07 Å². The molecular weight excluding hydrogens is 445 g/mol. The molecule has 0 radical (unpaired) electrons. The van der Waals surface area contributed by atoms with Crippen LogP contribution < -0.4 is 5.32 Å². The van der Waals surface area contributed by atoms with Crippen molar-refractivity contribution in [2.75, 3.05) is 25.5 Å². The van der Waals surface area contributed by atoms with Gasteiger partial charge in [0.2, 0.25) is 11.9 Å². The van der Waals surface area contributed by atoms with Crippen molar-refractivity contribution < 1.29 is 9.18 Å². The van der Waals surface area contributed by atoms with Gasteiger partial charge in [-0.3, -0.25) is 9.48 Å². The fraction of sp³-hybridized carbons (Fsp3) is 0.462. The number of carbonyl (C=O) groups is 1. The van der Waals surface area contributed by atoms with Gasteiger partial charge < -0.3 is 15.1 Å². The molecule has 9 heteroatoms. The van der Waals surface area contributed by atoms with Crippen LogP contribution in [0.1, 0.15) is 41.8 Å². The number of hydrogen-bond acceptors (Lipinski definition) is 6. The van der Waals surface area contributed by atoms with E-state index in [9.17, 15) is 9.18 Å². The van der Waals surface area contributed by atoms with Crippen LogP contribution in [0.2, 0.25) is 0 Å². The Labute approximate surface area is 205 Å². The van der Waals surface area contributed by atoms with Gasteiger partial charge in [0.25, 0.3) is 0 Å². The van der Waals surface area contributed by atoms with Crippen molar-refractivity contribution in [3.05, 3.63) is 71.1 Å². The van der Waals surface area contributed by atoms with E-state index in [1.807, 2.05) is 49.6 Å². The number of fused-ring (bicyclic) bond motifs is 1. The summed E-state index contributed by atoms with van der Waals surface area (Å²) in [6, 6.07) is 8.84. The van der Waals surface area contributed by atoms with Crippen LogP contribution in [0.3, 0.4) is 0 Å². The van der Waals surface area contributed by atoms with E-state index >= 15 is 0 Å². The largest absolute Gasteiger partial charge is 0.348 e. The third-order valence-corrected chi connectivity index (χ3v) is 7.24. The zero-order valence-corrected chi connectivity index (χ0v) is 20.5. The maximum atomic E-state index is 14.7. The van der Waals surface area contributed by atoms with Gasteiger partial charge in [0.05, 0.1) is 24.5 Å². The van der Waals surface area contributed by atoms with E-state index < -0.39 is 0 Å². The highest BCUT2D eigenvalue weighted by atomic mass is 19.1. The Morgan fingerprint density at radius 2 is 2.06 bits per heavy atom. The summed E-state index contributed by atoms with van der Waals surface area (Å²) in [6.07, 6.45) is 5.18. The van der Waals surface area contributed by atoms with Crippen LogP contribution in [0, 0.1) is 11.7 Å². The minimum atomic E-state index is -0.254. The van der Waals surface area contributed by atoms with Crippen molar-refractivity contribution in [1.29, 1.82) is 0 Å². The van der Waals surface area contributed by atoms with E-state index in [0.29, 0.717) is 44.0 Å². The van der Waals surface area contributed by atoms with Crippen LogP contribution in [0.5, 0.6) is 0 Å². The molecule has 0 aliphatic carbocycles. The highest BCUT2D eigenvalue weighted by molar-refractivity contribution is 5.81. The minimum absolute atomic E-state index is 0.0341. The van der Waals surface area contributed by atoms with E-state index in [2.05, 4.69) is 27.2 Å². The zero-order valence-electron chi connectivity index (χ0n) is 20.5. The minimum Gasteiger partial charge on any atom is -0.348 e. The van der Waals surface area contributed by atoms with Crippen molar-refractivity contribution >= 4 is 11.9 Å². The lowest BCUT2D eigenvalue weighted by molar-refractivity contribution is -0.141. The number of aryl methyl sites for hydroxylation is 1. The number of amides is 1. The first-order valence-corrected chi connectivity index (χ1v) is 12.2. The molecule has 1 fully saturated rings. The van der Waals surface area contributed by atoms with E-state index in [4.69, 9.17) is 4.98 Å². The van der Waals surface area contributed by atoms with Crippen LogP contribution in [0.4, 0.5) is 10.3 Å². The molecule has 4 heterocycles. The van der Waals surface area contributed by atoms with E-state index in [0.717, 1.165) is 23.5 Å². The summed E-state index contributed by atoms with van der Waals surface area (Å²) >= 11 is 0. The number of halogens is 1. The third kappa shape index (κ3) is 4.91. The van der Waals surface area contributed by atoms with Gasteiger partial charge in [0.15, 0.2) is 0 Å². The summed E-state index contributed by atoms with van der Waals surface area (Å²) in [4.78, 5) is 27.2. The Morgan fingerprint density at radius 1 is 1.23 bits per heavy atom. The molecule has 0 saturated carbocycles. The monoisotopic (exact) mass is 477 g/mol. The first kappa shape index (κ1) is 23.4. The van der Waals surface area contributed by atoms with Gasteiger partial charge in [-0.2, -0.15) is 5.10 Å². The number of nitrogens with zero attached hydrogens (tertiary/aromatic N) is 6. The molecule has 1 amide bonds. The number of likely N-dealkylation sites (N-methyl/N-ethyl adjacent to an activating group) is 1. The SMILES string of the molecule is C[C@@H]1Cc2cnc(NCc3ccn(C)n3)nc2CN1C(=O)[C@@H]1CCN(C)C[C@H]1c1ccccc1F. The Morgan fingerprint density at radius 3 is 2.83 bits per heavy atom. The summed E-state index contributed by atoms with van der Waals surface area (Å²) in [6.45, 7) is 4.52. The molecule has 3 aromatic rings. The van der Waals surface area contributed by atoms with E-state index in [1.54, 1.807) is 10.7 Å². The molecule has 1 aromatic carbocycles. The Bertz CT molecular complexity index is 1210. The van der Waals surface area contributed by atoms with Crippen LogP contribution in [0.15, 0.2) is 42.7 Å². The number of rotatable bonds is 5. The van der Waals surface area contributed by atoms with Crippen molar-refractivity contribution in [2.24, 2.45) is 13.0 Å². The molecule has 0 unspecified atom stereocenters. The second-order valence-corrected chi connectivity index (χ2v) is 9.80. The van der Waals surface area contributed by atoms with Gasteiger partial charge in [-0.25, -0.2) is 14.4 Å². The molecule has 1 N–H and O–H groups in total. The lowest BCUT2D eigenvalue weighted by Crippen LogP contribution is -2.50. The average molecular weight is 478 g/mol. The van der Waals surface area contributed by atoms with Crippen LogP contribution in [-0.2, 0) is 31.4 Å². The Kier molecular flexibility index (Phi) is 6.51. The molecule has 5 rings (SSSR count). The maximum absolute atomic E-state index is 14.7. The highest BCUT2D eigenvalue weighted by Crippen LogP contribution is 2.36. The lowest BCUT2D eigenvalue weighted by atomic mass is 9.79. The molecule has 8 nitrogen and oxygen atoms in total. The molecule has 3 atom stereocenters. The molecule has 0 bridgehead atoms. The zero-order chi connectivity index (χ0) is 24.5.